The molecule has 0 aliphatic rings. The van der Waals surface area contributed by atoms with E-state index in [1.54, 1.807) is 6.07 Å². The molecule has 1 N–H and O–H groups in total. The highest BCUT2D eigenvalue weighted by Crippen LogP contribution is 2.24. The van der Waals surface area contributed by atoms with Gasteiger partial charge in [-0.1, -0.05) is 11.2 Å². The summed E-state index contributed by atoms with van der Waals surface area (Å²) in [4.78, 5) is 13.0. The van der Waals surface area contributed by atoms with Crippen molar-refractivity contribution in [1.29, 1.82) is 0 Å². The fourth-order valence-corrected chi connectivity index (χ4v) is 2.53. The van der Waals surface area contributed by atoms with Gasteiger partial charge in [-0.05, 0) is 24.4 Å². The Balaban J connectivity index is 1.63. The van der Waals surface area contributed by atoms with E-state index in [1.165, 1.54) is 11.3 Å². The first-order valence-electron chi connectivity index (χ1n) is 6.57. The molecule has 3 heterocycles. The van der Waals surface area contributed by atoms with Crippen LogP contribution in [0.2, 0.25) is 0 Å². The summed E-state index contributed by atoms with van der Waals surface area (Å²) in [6.45, 7) is 3.19. The van der Waals surface area contributed by atoms with Crippen molar-refractivity contribution in [1.82, 2.24) is 20.3 Å². The van der Waals surface area contributed by atoms with Gasteiger partial charge in [0.15, 0.2) is 11.5 Å². The van der Waals surface area contributed by atoms with Crippen LogP contribution in [0.4, 0.5) is 0 Å². The molecule has 3 aromatic heterocycles. The van der Waals surface area contributed by atoms with E-state index in [1.807, 2.05) is 41.4 Å². The molecule has 0 atom stereocenters. The number of amides is 1. The van der Waals surface area contributed by atoms with Crippen LogP contribution in [0.15, 0.2) is 40.4 Å². The molecule has 0 fully saturated rings. The van der Waals surface area contributed by atoms with Crippen LogP contribution in [0.1, 0.15) is 23.1 Å². The van der Waals surface area contributed by atoms with Crippen LogP contribution in [-0.4, -0.2) is 20.8 Å². The molecule has 3 aromatic rings. The molecule has 3 rings (SSSR count). The van der Waals surface area contributed by atoms with Gasteiger partial charge in [0.05, 0.1) is 17.1 Å². The summed E-state index contributed by atoms with van der Waals surface area (Å²) in [5, 5.41) is 12.8. The summed E-state index contributed by atoms with van der Waals surface area (Å²) in [7, 11) is 0. The average molecular weight is 302 g/mol. The highest BCUT2D eigenvalue weighted by molar-refractivity contribution is 7.13. The maximum atomic E-state index is 12.0. The SMILES string of the molecule is CCn1ccc(CNC(=O)c2cc(-c3cccs3)on2)n1. The molecule has 0 aliphatic carbocycles. The first-order valence-corrected chi connectivity index (χ1v) is 7.45. The molecular weight excluding hydrogens is 288 g/mol. The Morgan fingerprint density at radius 1 is 1.48 bits per heavy atom. The number of aryl methyl sites for hydroxylation is 1. The maximum Gasteiger partial charge on any atom is 0.273 e. The number of hydrogen-bond donors (Lipinski definition) is 1. The zero-order valence-electron chi connectivity index (χ0n) is 11.4. The molecule has 0 aromatic carbocycles. The lowest BCUT2D eigenvalue weighted by atomic mass is 10.3. The van der Waals surface area contributed by atoms with Crippen molar-refractivity contribution in [3.8, 4) is 10.6 Å². The second kappa shape index (κ2) is 5.92. The van der Waals surface area contributed by atoms with Gasteiger partial charge >= 0.3 is 0 Å². The Hall–Kier alpha value is -2.41. The molecule has 0 saturated heterocycles. The van der Waals surface area contributed by atoms with E-state index >= 15 is 0 Å². The molecule has 0 saturated carbocycles. The summed E-state index contributed by atoms with van der Waals surface area (Å²) in [5.41, 5.74) is 1.08. The van der Waals surface area contributed by atoms with Gasteiger partial charge in [-0.2, -0.15) is 5.10 Å². The predicted octanol–water partition coefficient (Wildman–Crippen LogP) is 2.55. The van der Waals surface area contributed by atoms with Crippen LogP contribution in [-0.2, 0) is 13.1 Å². The van der Waals surface area contributed by atoms with Gasteiger partial charge in [0.25, 0.3) is 5.91 Å². The third-order valence-corrected chi connectivity index (χ3v) is 3.84. The van der Waals surface area contributed by atoms with Gasteiger partial charge < -0.3 is 9.84 Å². The molecule has 0 spiro atoms. The predicted molar refractivity (Wildman–Crippen MR) is 78.9 cm³/mol. The quantitative estimate of drug-likeness (QED) is 0.786. The molecule has 108 valence electrons. The topological polar surface area (TPSA) is 73.0 Å². The minimum absolute atomic E-state index is 0.271. The van der Waals surface area contributed by atoms with Gasteiger partial charge in [-0.15, -0.1) is 11.3 Å². The molecule has 21 heavy (non-hydrogen) atoms. The first-order chi connectivity index (χ1) is 10.3. The Bertz CT molecular complexity index is 730. The van der Waals surface area contributed by atoms with Gasteiger partial charge in [-0.3, -0.25) is 9.48 Å². The fourth-order valence-electron chi connectivity index (χ4n) is 1.85. The minimum Gasteiger partial charge on any atom is -0.355 e. The van der Waals surface area contributed by atoms with E-state index < -0.39 is 0 Å². The third kappa shape index (κ3) is 3.03. The first kappa shape index (κ1) is 13.6. The molecule has 0 aliphatic heterocycles. The maximum absolute atomic E-state index is 12.0. The fraction of sp³-hybridized carbons (Fsp3) is 0.214. The standard InChI is InChI=1S/C14H14N4O2S/c1-2-18-6-5-10(16-18)9-15-14(19)11-8-12(20-17-11)13-4-3-7-21-13/h3-8H,2,9H2,1H3,(H,15,19). The number of carbonyl (C=O) groups is 1. The highest BCUT2D eigenvalue weighted by atomic mass is 32.1. The van der Waals surface area contributed by atoms with E-state index in [2.05, 4.69) is 15.6 Å². The smallest absolute Gasteiger partial charge is 0.273 e. The summed E-state index contributed by atoms with van der Waals surface area (Å²) >= 11 is 1.54. The van der Waals surface area contributed by atoms with E-state index in [0.717, 1.165) is 17.1 Å². The number of aromatic nitrogens is 3. The van der Waals surface area contributed by atoms with Gasteiger partial charge in [0.2, 0.25) is 0 Å². The molecule has 1 amide bonds. The molecule has 7 heteroatoms. The highest BCUT2D eigenvalue weighted by Gasteiger charge is 2.14. The largest absolute Gasteiger partial charge is 0.355 e. The molecule has 0 unspecified atom stereocenters. The number of hydrogen-bond acceptors (Lipinski definition) is 5. The van der Waals surface area contributed by atoms with Crippen molar-refractivity contribution in [2.45, 2.75) is 20.0 Å². The summed E-state index contributed by atoms with van der Waals surface area (Å²) in [6, 6.07) is 7.37. The van der Waals surface area contributed by atoms with Gasteiger partial charge in [-0.25, -0.2) is 0 Å². The van der Waals surface area contributed by atoms with Crippen molar-refractivity contribution in [3.63, 3.8) is 0 Å². The lowest BCUT2D eigenvalue weighted by Crippen LogP contribution is -2.23. The number of rotatable bonds is 5. The Kier molecular flexibility index (Phi) is 3.83. The number of nitrogens with one attached hydrogen (secondary N) is 1. The van der Waals surface area contributed by atoms with Crippen molar-refractivity contribution >= 4 is 17.2 Å². The normalized spacial score (nSPS) is 10.7. The lowest BCUT2D eigenvalue weighted by molar-refractivity contribution is 0.0941. The second-order valence-electron chi connectivity index (χ2n) is 4.40. The monoisotopic (exact) mass is 302 g/mol. The average Bonchev–Trinajstić information content (AvgIpc) is 3.24. The number of carbonyl (C=O) groups excluding carboxylic acids is 1. The summed E-state index contributed by atoms with van der Waals surface area (Å²) in [5.74, 6) is 0.331. The van der Waals surface area contributed by atoms with E-state index in [0.29, 0.717) is 12.3 Å². The van der Waals surface area contributed by atoms with E-state index in [-0.39, 0.29) is 11.6 Å². The zero-order chi connectivity index (χ0) is 14.7. The number of thiophene rings is 1. The van der Waals surface area contributed by atoms with Crippen LogP contribution >= 0.6 is 11.3 Å². The molecular formula is C14H14N4O2S. The minimum atomic E-state index is -0.271. The summed E-state index contributed by atoms with van der Waals surface area (Å²) < 4.78 is 7.00. The van der Waals surface area contributed by atoms with Crippen molar-refractivity contribution in [3.05, 3.63) is 47.2 Å². The van der Waals surface area contributed by atoms with Crippen molar-refractivity contribution in [2.75, 3.05) is 0 Å². The Labute approximate surface area is 125 Å². The molecule has 0 radical (unpaired) electrons. The van der Waals surface area contributed by atoms with Gasteiger partial charge in [0, 0.05) is 18.8 Å². The van der Waals surface area contributed by atoms with Crippen LogP contribution < -0.4 is 5.32 Å². The zero-order valence-corrected chi connectivity index (χ0v) is 12.3. The van der Waals surface area contributed by atoms with Crippen molar-refractivity contribution in [2.24, 2.45) is 0 Å². The van der Waals surface area contributed by atoms with E-state index in [9.17, 15) is 4.79 Å². The lowest BCUT2D eigenvalue weighted by Gasteiger charge is -1.99. The van der Waals surface area contributed by atoms with Crippen molar-refractivity contribution < 1.29 is 9.32 Å². The molecule has 6 nitrogen and oxygen atoms in total. The Morgan fingerprint density at radius 3 is 3.10 bits per heavy atom. The second-order valence-corrected chi connectivity index (χ2v) is 5.35. The Morgan fingerprint density at radius 2 is 2.38 bits per heavy atom. The third-order valence-electron chi connectivity index (χ3n) is 2.96. The van der Waals surface area contributed by atoms with Crippen LogP contribution in [0.5, 0.6) is 0 Å². The van der Waals surface area contributed by atoms with Crippen LogP contribution in [0.3, 0.4) is 0 Å². The van der Waals surface area contributed by atoms with E-state index in [4.69, 9.17) is 4.52 Å². The van der Waals surface area contributed by atoms with Crippen LogP contribution in [0.25, 0.3) is 10.6 Å². The van der Waals surface area contributed by atoms with Crippen LogP contribution in [0, 0.1) is 0 Å². The number of nitrogens with zero attached hydrogens (tertiary/aromatic N) is 3. The van der Waals surface area contributed by atoms with Gasteiger partial charge in [0.1, 0.15) is 0 Å². The molecule has 0 bridgehead atoms. The summed E-state index contributed by atoms with van der Waals surface area (Å²) in [6.07, 6.45) is 1.88.